The Morgan fingerprint density at radius 1 is 1.11 bits per heavy atom. The number of amides is 4. The van der Waals surface area contributed by atoms with Gasteiger partial charge in [0.2, 0.25) is 5.91 Å². The minimum atomic E-state index is -1.21. The second-order valence-electron chi connectivity index (χ2n) is 8.41. The fourth-order valence-electron chi connectivity index (χ4n) is 4.01. The molecule has 8 nitrogen and oxygen atoms in total. The van der Waals surface area contributed by atoms with E-state index in [4.69, 9.17) is 9.84 Å². The molecule has 3 N–H and O–H groups in total. The fourth-order valence-corrected chi connectivity index (χ4v) is 4.01. The van der Waals surface area contributed by atoms with Gasteiger partial charge in [-0.2, -0.15) is 0 Å². The molecule has 1 aliphatic heterocycles. The van der Waals surface area contributed by atoms with Crippen LogP contribution >= 0.6 is 0 Å². The van der Waals surface area contributed by atoms with Gasteiger partial charge in [0, 0.05) is 6.42 Å². The van der Waals surface area contributed by atoms with Crippen LogP contribution in [0.15, 0.2) is 72.8 Å². The lowest BCUT2D eigenvalue weighted by molar-refractivity contribution is -0.134. The molecule has 2 atom stereocenters. The molecule has 3 aromatic carbocycles. The van der Waals surface area contributed by atoms with Gasteiger partial charge in [-0.1, -0.05) is 48.5 Å². The Balaban J connectivity index is 1.60. The van der Waals surface area contributed by atoms with Crippen molar-refractivity contribution in [3.05, 3.63) is 95.3 Å². The van der Waals surface area contributed by atoms with Gasteiger partial charge in [-0.15, -0.1) is 0 Å². The molecule has 4 amide bonds. The largest absolute Gasteiger partial charge is 0.491 e. The van der Waals surface area contributed by atoms with Gasteiger partial charge in [0.1, 0.15) is 30.3 Å². The van der Waals surface area contributed by atoms with Crippen LogP contribution in [0, 0.1) is 12.7 Å². The molecule has 1 aliphatic rings. The third kappa shape index (κ3) is 5.52. The minimum absolute atomic E-state index is 0.0364. The summed E-state index contributed by atoms with van der Waals surface area (Å²) in [5.41, 5.74) is 1.90. The summed E-state index contributed by atoms with van der Waals surface area (Å²) >= 11 is 0. The second kappa shape index (κ2) is 11.0. The Hall–Kier alpha value is -4.24. The summed E-state index contributed by atoms with van der Waals surface area (Å²) in [6.07, 6.45) is 0.0555. The first kappa shape index (κ1) is 24.9. The summed E-state index contributed by atoms with van der Waals surface area (Å²) in [5, 5.41) is 14.1. The third-order valence-corrected chi connectivity index (χ3v) is 5.81. The molecule has 0 saturated carbocycles. The van der Waals surface area contributed by atoms with E-state index in [0.717, 1.165) is 10.5 Å². The van der Waals surface area contributed by atoms with E-state index in [9.17, 15) is 18.8 Å². The lowest BCUT2D eigenvalue weighted by atomic mass is 10.0. The van der Waals surface area contributed by atoms with Gasteiger partial charge < -0.3 is 20.5 Å². The van der Waals surface area contributed by atoms with Crippen LogP contribution in [0.5, 0.6) is 5.75 Å². The van der Waals surface area contributed by atoms with Crippen LogP contribution in [-0.4, -0.2) is 47.1 Å². The van der Waals surface area contributed by atoms with Crippen LogP contribution in [0.1, 0.15) is 22.7 Å². The maximum Gasteiger partial charge on any atom is 0.325 e. The molecule has 1 heterocycles. The first-order chi connectivity index (χ1) is 17.4. The Morgan fingerprint density at radius 3 is 2.50 bits per heavy atom. The average molecular weight is 492 g/mol. The van der Waals surface area contributed by atoms with Crippen LogP contribution < -0.4 is 15.4 Å². The molecule has 0 aromatic heterocycles. The van der Waals surface area contributed by atoms with Crippen LogP contribution in [0.2, 0.25) is 0 Å². The highest BCUT2D eigenvalue weighted by molar-refractivity contribution is 6.09. The van der Waals surface area contributed by atoms with Crippen molar-refractivity contribution in [3.63, 3.8) is 0 Å². The number of carbonyl (C=O) groups is 3. The monoisotopic (exact) mass is 491 g/mol. The van der Waals surface area contributed by atoms with Crippen molar-refractivity contribution in [2.24, 2.45) is 0 Å². The zero-order valence-electron chi connectivity index (χ0n) is 19.6. The van der Waals surface area contributed by atoms with Crippen LogP contribution in [0.3, 0.4) is 0 Å². The maximum absolute atomic E-state index is 14.4. The van der Waals surface area contributed by atoms with E-state index in [-0.39, 0.29) is 25.3 Å². The van der Waals surface area contributed by atoms with Crippen molar-refractivity contribution in [2.75, 3.05) is 18.5 Å². The molecular weight excluding hydrogens is 465 g/mol. The summed E-state index contributed by atoms with van der Waals surface area (Å²) in [5.74, 6) is -1.38. The van der Waals surface area contributed by atoms with E-state index in [0.29, 0.717) is 16.9 Å². The summed E-state index contributed by atoms with van der Waals surface area (Å²) in [7, 11) is 0. The molecule has 3 aromatic rings. The first-order valence-corrected chi connectivity index (χ1v) is 11.5. The number of nitrogens with one attached hydrogen (secondary N) is 2. The van der Waals surface area contributed by atoms with E-state index in [2.05, 4.69) is 10.6 Å². The van der Waals surface area contributed by atoms with Crippen molar-refractivity contribution in [3.8, 4) is 5.75 Å². The highest BCUT2D eigenvalue weighted by atomic mass is 19.1. The number of hydrogen-bond donors (Lipinski definition) is 3. The quantitative estimate of drug-likeness (QED) is 0.398. The zero-order valence-corrected chi connectivity index (χ0v) is 19.6. The molecule has 0 radical (unpaired) electrons. The number of aryl methyl sites for hydroxylation is 1. The van der Waals surface area contributed by atoms with Gasteiger partial charge in [-0.3, -0.25) is 9.59 Å². The second-order valence-corrected chi connectivity index (χ2v) is 8.41. The van der Waals surface area contributed by atoms with E-state index >= 15 is 0 Å². The number of nitrogens with zero attached hydrogens (tertiary/aromatic N) is 1. The zero-order chi connectivity index (χ0) is 25.7. The van der Waals surface area contributed by atoms with Crippen LogP contribution in [-0.2, 0) is 16.0 Å². The number of imide groups is 1. The average Bonchev–Trinajstić information content (AvgIpc) is 3.17. The molecule has 0 aliphatic carbocycles. The molecule has 0 spiro atoms. The molecular formula is C27H26FN3O5. The van der Waals surface area contributed by atoms with Crippen molar-refractivity contribution < 1.29 is 28.6 Å². The number of benzene rings is 3. The van der Waals surface area contributed by atoms with Crippen molar-refractivity contribution in [1.82, 2.24) is 10.2 Å². The standard InChI is InChI=1S/C27H26FN3O5/c1-17-7-12-22(21(28)15-17)29-25(33)23(16-18-5-3-2-4-6-18)31-26(34)24(30-27(31)35)19-8-10-20(11-9-19)36-14-13-32/h2-12,15,23-24,32H,13-14,16H2,1H3,(H,29,33)(H,30,35)/t23-,24+/m0/s1. The number of anilines is 1. The summed E-state index contributed by atoms with van der Waals surface area (Å²) < 4.78 is 19.8. The van der Waals surface area contributed by atoms with Gasteiger partial charge in [-0.25, -0.2) is 14.1 Å². The van der Waals surface area contributed by atoms with E-state index in [1.54, 1.807) is 61.5 Å². The van der Waals surface area contributed by atoms with Gasteiger partial charge >= 0.3 is 6.03 Å². The molecule has 36 heavy (non-hydrogen) atoms. The predicted molar refractivity (Wildman–Crippen MR) is 131 cm³/mol. The first-order valence-electron chi connectivity index (χ1n) is 11.5. The number of urea groups is 1. The summed E-state index contributed by atoms with van der Waals surface area (Å²) in [6, 6.07) is 17.0. The number of halogens is 1. The smallest absolute Gasteiger partial charge is 0.325 e. The topological polar surface area (TPSA) is 108 Å². The van der Waals surface area contributed by atoms with Crippen molar-refractivity contribution in [2.45, 2.75) is 25.4 Å². The number of ether oxygens (including phenoxy) is 1. The van der Waals surface area contributed by atoms with Gasteiger partial charge in [0.25, 0.3) is 5.91 Å². The van der Waals surface area contributed by atoms with E-state index in [1.165, 1.54) is 12.1 Å². The molecule has 1 saturated heterocycles. The normalized spacial score (nSPS) is 16.0. The fraction of sp³-hybridized carbons (Fsp3) is 0.222. The minimum Gasteiger partial charge on any atom is -0.491 e. The predicted octanol–water partition coefficient (Wildman–Crippen LogP) is 3.35. The number of aliphatic hydroxyl groups excluding tert-OH is 1. The molecule has 0 bridgehead atoms. The number of rotatable bonds is 9. The lowest BCUT2D eigenvalue weighted by Gasteiger charge is -2.25. The Kier molecular flexibility index (Phi) is 7.60. The highest BCUT2D eigenvalue weighted by Crippen LogP contribution is 2.27. The number of hydrogen-bond acceptors (Lipinski definition) is 5. The molecule has 0 unspecified atom stereocenters. The number of aliphatic hydroxyl groups is 1. The third-order valence-electron chi connectivity index (χ3n) is 5.81. The van der Waals surface area contributed by atoms with E-state index < -0.39 is 35.7 Å². The molecule has 1 fully saturated rings. The van der Waals surface area contributed by atoms with Gasteiger partial charge in [0.15, 0.2) is 0 Å². The Morgan fingerprint density at radius 2 is 1.83 bits per heavy atom. The Bertz CT molecular complexity index is 1250. The summed E-state index contributed by atoms with van der Waals surface area (Å²) in [6.45, 7) is 1.72. The Labute approximate surface area is 207 Å². The maximum atomic E-state index is 14.4. The molecule has 4 rings (SSSR count). The van der Waals surface area contributed by atoms with Crippen molar-refractivity contribution >= 4 is 23.5 Å². The SMILES string of the molecule is Cc1ccc(NC(=O)[C@H](Cc2ccccc2)N2C(=O)N[C@H](c3ccc(OCCO)cc3)C2=O)c(F)c1. The van der Waals surface area contributed by atoms with E-state index in [1.807, 2.05) is 6.07 Å². The summed E-state index contributed by atoms with van der Waals surface area (Å²) in [4.78, 5) is 40.6. The number of carbonyl (C=O) groups excluding carboxylic acids is 3. The van der Waals surface area contributed by atoms with Crippen molar-refractivity contribution in [1.29, 1.82) is 0 Å². The highest BCUT2D eigenvalue weighted by Gasteiger charge is 2.45. The van der Waals surface area contributed by atoms with Crippen LogP contribution in [0.4, 0.5) is 14.9 Å². The van der Waals surface area contributed by atoms with Gasteiger partial charge in [-0.05, 0) is 47.9 Å². The molecule has 186 valence electrons. The lowest BCUT2D eigenvalue weighted by Crippen LogP contribution is -2.49. The van der Waals surface area contributed by atoms with Gasteiger partial charge in [0.05, 0.1) is 12.3 Å². The van der Waals surface area contributed by atoms with Crippen LogP contribution in [0.25, 0.3) is 0 Å². The molecule has 9 heteroatoms.